The first-order valence-corrected chi connectivity index (χ1v) is 5.13. The zero-order valence-electron chi connectivity index (χ0n) is 9.88. The van der Waals surface area contributed by atoms with E-state index in [9.17, 15) is 9.18 Å². The number of esters is 1. The summed E-state index contributed by atoms with van der Waals surface area (Å²) in [5.41, 5.74) is 0.828. The van der Waals surface area contributed by atoms with Gasteiger partial charge in [-0.3, -0.25) is 0 Å². The van der Waals surface area contributed by atoms with E-state index in [1.165, 1.54) is 37.2 Å². The van der Waals surface area contributed by atoms with E-state index in [0.29, 0.717) is 5.69 Å². The Morgan fingerprint density at radius 2 is 1.94 bits per heavy atom. The maximum absolute atomic E-state index is 12.8. The molecule has 18 heavy (non-hydrogen) atoms. The third kappa shape index (κ3) is 2.17. The fourth-order valence-corrected chi connectivity index (χ4v) is 1.48. The van der Waals surface area contributed by atoms with Crippen molar-refractivity contribution in [1.29, 1.82) is 0 Å². The molecule has 0 unspecified atom stereocenters. The van der Waals surface area contributed by atoms with Crippen LogP contribution >= 0.6 is 0 Å². The number of ether oxygens (including phenoxy) is 2. The van der Waals surface area contributed by atoms with Gasteiger partial charge in [0.15, 0.2) is 0 Å². The van der Waals surface area contributed by atoms with Crippen molar-refractivity contribution in [3.05, 3.63) is 41.8 Å². The minimum atomic E-state index is -0.541. The van der Waals surface area contributed by atoms with Gasteiger partial charge in [-0.05, 0) is 24.3 Å². The van der Waals surface area contributed by atoms with Crippen molar-refractivity contribution in [1.82, 2.24) is 9.78 Å². The summed E-state index contributed by atoms with van der Waals surface area (Å²) >= 11 is 0. The summed E-state index contributed by atoms with van der Waals surface area (Å²) in [6.07, 6.45) is 1.47. The van der Waals surface area contributed by atoms with Gasteiger partial charge in [0, 0.05) is 6.20 Å². The number of halogens is 1. The Bertz CT molecular complexity index is 563. The van der Waals surface area contributed by atoms with Crippen LogP contribution in [0.25, 0.3) is 5.69 Å². The summed E-state index contributed by atoms with van der Waals surface area (Å²) in [7, 11) is 2.68. The minimum Gasteiger partial charge on any atom is -0.479 e. The van der Waals surface area contributed by atoms with Crippen LogP contribution in [0.3, 0.4) is 0 Å². The van der Waals surface area contributed by atoms with E-state index in [-0.39, 0.29) is 17.3 Å². The molecule has 0 aliphatic carbocycles. The average molecular weight is 250 g/mol. The Morgan fingerprint density at radius 3 is 2.50 bits per heavy atom. The van der Waals surface area contributed by atoms with Crippen LogP contribution in [-0.2, 0) is 4.74 Å². The van der Waals surface area contributed by atoms with Crippen LogP contribution in [0.5, 0.6) is 5.88 Å². The van der Waals surface area contributed by atoms with Gasteiger partial charge in [-0.1, -0.05) is 0 Å². The minimum absolute atomic E-state index is 0.158. The highest BCUT2D eigenvalue weighted by Crippen LogP contribution is 2.19. The summed E-state index contributed by atoms with van der Waals surface area (Å²) in [5.74, 6) is -0.725. The van der Waals surface area contributed by atoms with Crippen LogP contribution in [0, 0.1) is 5.82 Å². The van der Waals surface area contributed by atoms with Gasteiger partial charge < -0.3 is 9.47 Å². The Balaban J connectivity index is 2.43. The maximum Gasteiger partial charge on any atom is 0.345 e. The quantitative estimate of drug-likeness (QED) is 0.779. The number of rotatable bonds is 3. The van der Waals surface area contributed by atoms with Gasteiger partial charge in [0.1, 0.15) is 11.4 Å². The molecule has 1 aromatic heterocycles. The van der Waals surface area contributed by atoms with E-state index in [1.54, 1.807) is 12.1 Å². The Kier molecular flexibility index (Phi) is 3.27. The Hall–Kier alpha value is -2.37. The fourth-order valence-electron chi connectivity index (χ4n) is 1.48. The van der Waals surface area contributed by atoms with E-state index in [0.717, 1.165) is 0 Å². The summed E-state index contributed by atoms with van der Waals surface area (Å²) in [5, 5.41) is 4.07. The average Bonchev–Trinajstić information content (AvgIpc) is 2.82. The van der Waals surface area contributed by atoms with E-state index in [1.807, 2.05) is 0 Å². The van der Waals surface area contributed by atoms with Crippen LogP contribution < -0.4 is 4.74 Å². The zero-order chi connectivity index (χ0) is 13.1. The molecular formula is C12H11FN2O3. The molecule has 0 fully saturated rings. The number of benzene rings is 1. The Labute approximate surface area is 103 Å². The maximum atomic E-state index is 12.8. The largest absolute Gasteiger partial charge is 0.479 e. The van der Waals surface area contributed by atoms with Crippen molar-refractivity contribution < 1.29 is 18.7 Å². The molecule has 0 bridgehead atoms. The van der Waals surface area contributed by atoms with Crippen LogP contribution in [0.4, 0.5) is 4.39 Å². The lowest BCUT2D eigenvalue weighted by Crippen LogP contribution is -2.01. The van der Waals surface area contributed by atoms with Crippen molar-refractivity contribution in [2.45, 2.75) is 0 Å². The molecule has 1 aromatic carbocycles. The standard InChI is InChI=1S/C12H11FN2O3/c1-17-11-10(12(16)18-2)7-15(14-11)9-5-3-8(13)4-6-9/h3-7H,1-2H3. The molecule has 0 aliphatic heterocycles. The summed E-state index contributed by atoms with van der Waals surface area (Å²) in [4.78, 5) is 11.5. The van der Waals surface area contributed by atoms with E-state index >= 15 is 0 Å². The first-order valence-electron chi connectivity index (χ1n) is 5.13. The van der Waals surface area contributed by atoms with Gasteiger partial charge in [-0.15, -0.1) is 5.10 Å². The van der Waals surface area contributed by atoms with Crippen molar-refractivity contribution in [2.75, 3.05) is 14.2 Å². The molecule has 0 atom stereocenters. The predicted molar refractivity (Wildman–Crippen MR) is 61.4 cm³/mol. The van der Waals surface area contributed by atoms with Crippen molar-refractivity contribution in [3.8, 4) is 11.6 Å². The Morgan fingerprint density at radius 1 is 1.28 bits per heavy atom. The lowest BCUT2D eigenvalue weighted by molar-refractivity contribution is 0.0597. The van der Waals surface area contributed by atoms with Gasteiger partial charge in [-0.25, -0.2) is 13.9 Å². The second kappa shape index (κ2) is 4.87. The monoisotopic (exact) mass is 250 g/mol. The third-order valence-electron chi connectivity index (χ3n) is 2.37. The topological polar surface area (TPSA) is 53.4 Å². The molecule has 0 spiro atoms. The molecule has 0 saturated carbocycles. The van der Waals surface area contributed by atoms with Gasteiger partial charge in [0.05, 0.1) is 19.9 Å². The molecule has 94 valence electrons. The molecule has 6 heteroatoms. The molecule has 0 radical (unpaired) electrons. The summed E-state index contributed by atoms with van der Waals surface area (Å²) < 4.78 is 23.8. The second-order valence-corrected chi connectivity index (χ2v) is 3.46. The highest BCUT2D eigenvalue weighted by atomic mass is 19.1. The molecule has 2 aromatic rings. The molecule has 2 rings (SSSR count). The van der Waals surface area contributed by atoms with Gasteiger partial charge in [0.2, 0.25) is 5.88 Å². The number of hydrogen-bond acceptors (Lipinski definition) is 4. The van der Waals surface area contributed by atoms with Crippen LogP contribution in [0.15, 0.2) is 30.5 Å². The smallest absolute Gasteiger partial charge is 0.345 e. The van der Waals surface area contributed by atoms with Gasteiger partial charge in [-0.2, -0.15) is 0 Å². The number of methoxy groups -OCH3 is 2. The highest BCUT2D eigenvalue weighted by Gasteiger charge is 2.18. The van der Waals surface area contributed by atoms with Crippen molar-refractivity contribution in [2.24, 2.45) is 0 Å². The third-order valence-corrected chi connectivity index (χ3v) is 2.37. The highest BCUT2D eigenvalue weighted by molar-refractivity contribution is 5.91. The number of carbonyl (C=O) groups is 1. The SMILES string of the molecule is COC(=O)c1cn(-c2ccc(F)cc2)nc1OC. The van der Waals surface area contributed by atoms with E-state index < -0.39 is 5.97 Å². The number of carbonyl (C=O) groups excluding carboxylic acids is 1. The molecular weight excluding hydrogens is 239 g/mol. The van der Waals surface area contributed by atoms with Crippen LogP contribution in [-0.4, -0.2) is 30.0 Å². The zero-order valence-corrected chi connectivity index (χ0v) is 9.88. The first-order chi connectivity index (χ1) is 8.65. The molecule has 0 saturated heterocycles. The normalized spacial score (nSPS) is 10.2. The van der Waals surface area contributed by atoms with Crippen molar-refractivity contribution >= 4 is 5.97 Å². The fraction of sp³-hybridized carbons (Fsp3) is 0.167. The summed E-state index contributed by atoms with van der Waals surface area (Å²) in [6.45, 7) is 0. The molecule has 5 nitrogen and oxygen atoms in total. The van der Waals surface area contributed by atoms with E-state index in [2.05, 4.69) is 9.84 Å². The molecule has 0 aliphatic rings. The molecule has 0 amide bonds. The lowest BCUT2D eigenvalue weighted by Gasteiger charge is -1.99. The lowest BCUT2D eigenvalue weighted by atomic mass is 10.3. The number of aromatic nitrogens is 2. The summed E-state index contributed by atoms with van der Waals surface area (Å²) in [6, 6.07) is 5.70. The predicted octanol–water partition coefficient (Wildman–Crippen LogP) is 1.81. The number of hydrogen-bond donors (Lipinski definition) is 0. The van der Waals surface area contributed by atoms with Crippen LogP contribution in [0.2, 0.25) is 0 Å². The van der Waals surface area contributed by atoms with Crippen molar-refractivity contribution in [3.63, 3.8) is 0 Å². The number of nitrogens with zero attached hydrogens (tertiary/aromatic N) is 2. The molecule has 0 N–H and O–H groups in total. The first kappa shape index (κ1) is 12.1. The van der Waals surface area contributed by atoms with Crippen LogP contribution in [0.1, 0.15) is 10.4 Å². The molecule has 1 heterocycles. The second-order valence-electron chi connectivity index (χ2n) is 3.46. The van der Waals surface area contributed by atoms with Gasteiger partial charge >= 0.3 is 5.97 Å². The van der Waals surface area contributed by atoms with E-state index in [4.69, 9.17) is 4.74 Å². The van der Waals surface area contributed by atoms with Gasteiger partial charge in [0.25, 0.3) is 0 Å².